The minimum Gasteiger partial charge on any atom is -0.384 e. The van der Waals surface area contributed by atoms with Crippen molar-refractivity contribution in [2.45, 2.75) is 38.2 Å². The van der Waals surface area contributed by atoms with Crippen LogP contribution >= 0.6 is 0 Å². The number of nitrogens with one attached hydrogen (secondary N) is 1. The molecule has 2 aliphatic rings. The largest absolute Gasteiger partial charge is 0.384 e. The summed E-state index contributed by atoms with van der Waals surface area (Å²) in [6.07, 6.45) is 5.55. The number of hydrogen-bond acceptors (Lipinski definition) is 5. The Bertz CT molecular complexity index is 632. The molecule has 1 aromatic carbocycles. The van der Waals surface area contributed by atoms with Gasteiger partial charge >= 0.3 is 0 Å². The Labute approximate surface area is 123 Å². The molecule has 2 aromatic rings. The Morgan fingerprint density at radius 2 is 2.29 bits per heavy atom. The van der Waals surface area contributed by atoms with Gasteiger partial charge in [-0.3, -0.25) is 0 Å². The number of aromatic nitrogens is 2. The Kier molecular flexibility index (Phi) is 3.35. The lowest BCUT2D eigenvalue weighted by molar-refractivity contribution is 0.0153. The second-order valence-corrected chi connectivity index (χ2v) is 5.76. The number of hydrogen-bond donors (Lipinski definition) is 1. The number of nitrogens with zero attached hydrogens (tertiary/aromatic N) is 2. The van der Waals surface area contributed by atoms with Crippen LogP contribution in [0, 0.1) is 0 Å². The fourth-order valence-electron chi connectivity index (χ4n) is 3.05. The van der Waals surface area contributed by atoms with E-state index in [1.165, 1.54) is 17.7 Å². The summed E-state index contributed by atoms with van der Waals surface area (Å²) in [5.41, 5.74) is 3.52. The first-order chi connectivity index (χ1) is 10.4. The summed E-state index contributed by atoms with van der Waals surface area (Å²) < 4.78 is 11.1. The molecule has 0 spiro atoms. The van der Waals surface area contributed by atoms with Gasteiger partial charge in [-0.25, -0.2) is 0 Å². The zero-order valence-corrected chi connectivity index (χ0v) is 12.0. The number of benzene rings is 1. The maximum atomic E-state index is 5.73. The molecule has 21 heavy (non-hydrogen) atoms. The molecular formula is C16H19N3O2. The molecule has 1 atom stereocenters. The zero-order chi connectivity index (χ0) is 14.1. The van der Waals surface area contributed by atoms with Crippen molar-refractivity contribution in [2.24, 2.45) is 0 Å². The van der Waals surface area contributed by atoms with Gasteiger partial charge in [0.2, 0.25) is 0 Å². The average molecular weight is 285 g/mol. The Hall–Kier alpha value is -1.88. The quantitative estimate of drug-likeness (QED) is 0.939. The first-order valence-electron chi connectivity index (χ1n) is 7.70. The van der Waals surface area contributed by atoms with E-state index < -0.39 is 0 Å². The van der Waals surface area contributed by atoms with Crippen molar-refractivity contribution in [1.29, 1.82) is 0 Å². The molecule has 0 saturated carbocycles. The van der Waals surface area contributed by atoms with Gasteiger partial charge in [-0.2, -0.15) is 4.98 Å². The highest BCUT2D eigenvalue weighted by Crippen LogP contribution is 2.28. The van der Waals surface area contributed by atoms with E-state index in [4.69, 9.17) is 9.26 Å². The summed E-state index contributed by atoms with van der Waals surface area (Å²) in [7, 11) is 0. The lowest BCUT2D eigenvalue weighted by Crippen LogP contribution is -2.21. The summed E-state index contributed by atoms with van der Waals surface area (Å²) in [6.45, 7) is 1.86. The molecule has 0 radical (unpaired) electrons. The molecule has 1 aromatic heterocycles. The van der Waals surface area contributed by atoms with Crippen molar-refractivity contribution in [3.05, 3.63) is 29.6 Å². The van der Waals surface area contributed by atoms with Crippen LogP contribution in [0.5, 0.6) is 0 Å². The van der Waals surface area contributed by atoms with E-state index in [1.54, 1.807) is 0 Å². The fourth-order valence-corrected chi connectivity index (χ4v) is 3.05. The van der Waals surface area contributed by atoms with E-state index in [9.17, 15) is 0 Å². The molecule has 5 nitrogen and oxygen atoms in total. The third-order valence-electron chi connectivity index (χ3n) is 4.22. The Morgan fingerprint density at radius 3 is 3.19 bits per heavy atom. The molecule has 1 N–H and O–H groups in total. The van der Waals surface area contributed by atoms with Crippen LogP contribution in [-0.2, 0) is 17.6 Å². The van der Waals surface area contributed by atoms with Gasteiger partial charge in [0.15, 0.2) is 5.82 Å². The van der Waals surface area contributed by atoms with Gasteiger partial charge < -0.3 is 14.6 Å². The minimum atomic E-state index is 0.242. The number of rotatable bonds is 3. The predicted molar refractivity (Wildman–Crippen MR) is 79.2 cm³/mol. The van der Waals surface area contributed by atoms with Crippen LogP contribution in [0.2, 0.25) is 0 Å². The van der Waals surface area contributed by atoms with Gasteiger partial charge in [0, 0.05) is 30.8 Å². The standard InChI is InChI=1S/C16H19N3O2/c1-2-8-20-13(3-1)10-15-18-16(21-19-15)12-5-4-11-6-7-17-14(11)9-12/h4-5,9,13,17H,1-3,6-8,10H2. The number of anilines is 1. The van der Waals surface area contributed by atoms with E-state index in [0.717, 1.165) is 50.2 Å². The summed E-state index contributed by atoms with van der Waals surface area (Å²) >= 11 is 0. The molecule has 5 heteroatoms. The summed E-state index contributed by atoms with van der Waals surface area (Å²) in [5.74, 6) is 1.34. The molecule has 4 rings (SSSR count). The SMILES string of the molecule is c1cc2c(cc1-c1nc(CC3CCCCO3)no1)NCC2. The molecule has 1 fully saturated rings. The van der Waals surface area contributed by atoms with Crippen LogP contribution in [0.1, 0.15) is 30.7 Å². The second kappa shape index (κ2) is 5.48. The molecule has 0 amide bonds. The number of fused-ring (bicyclic) bond motifs is 1. The van der Waals surface area contributed by atoms with E-state index in [2.05, 4.69) is 33.7 Å². The van der Waals surface area contributed by atoms with Crippen molar-refractivity contribution in [3.63, 3.8) is 0 Å². The molecule has 3 heterocycles. The van der Waals surface area contributed by atoms with Crippen molar-refractivity contribution < 1.29 is 9.26 Å². The van der Waals surface area contributed by atoms with Crippen LogP contribution < -0.4 is 5.32 Å². The molecular weight excluding hydrogens is 266 g/mol. The van der Waals surface area contributed by atoms with Crippen molar-refractivity contribution >= 4 is 5.69 Å². The highest BCUT2D eigenvalue weighted by atomic mass is 16.5. The first-order valence-corrected chi connectivity index (χ1v) is 7.70. The van der Waals surface area contributed by atoms with Crippen LogP contribution in [0.25, 0.3) is 11.5 Å². The molecule has 1 unspecified atom stereocenters. The van der Waals surface area contributed by atoms with Gasteiger partial charge in [-0.15, -0.1) is 0 Å². The normalized spacial score (nSPS) is 21.0. The predicted octanol–water partition coefficient (Wildman–Crippen LogP) is 2.82. The van der Waals surface area contributed by atoms with Crippen molar-refractivity contribution in [2.75, 3.05) is 18.5 Å². The van der Waals surface area contributed by atoms with Crippen LogP contribution in [0.4, 0.5) is 5.69 Å². The van der Waals surface area contributed by atoms with Crippen molar-refractivity contribution in [3.8, 4) is 11.5 Å². The molecule has 110 valence electrons. The van der Waals surface area contributed by atoms with Gasteiger partial charge in [0.05, 0.1) is 6.10 Å². The smallest absolute Gasteiger partial charge is 0.257 e. The Morgan fingerprint density at radius 1 is 1.29 bits per heavy atom. The van der Waals surface area contributed by atoms with Crippen LogP contribution in [0.3, 0.4) is 0 Å². The monoisotopic (exact) mass is 285 g/mol. The highest BCUT2D eigenvalue weighted by molar-refractivity contribution is 5.66. The summed E-state index contributed by atoms with van der Waals surface area (Å²) in [6, 6.07) is 6.29. The van der Waals surface area contributed by atoms with E-state index in [0.29, 0.717) is 5.89 Å². The minimum absolute atomic E-state index is 0.242. The van der Waals surface area contributed by atoms with Crippen LogP contribution in [-0.4, -0.2) is 29.4 Å². The topological polar surface area (TPSA) is 60.2 Å². The lowest BCUT2D eigenvalue weighted by Gasteiger charge is -2.20. The molecule has 1 saturated heterocycles. The van der Waals surface area contributed by atoms with Crippen LogP contribution in [0.15, 0.2) is 22.7 Å². The average Bonchev–Trinajstić information content (AvgIpc) is 3.16. The van der Waals surface area contributed by atoms with Gasteiger partial charge in [0.1, 0.15) is 0 Å². The first kappa shape index (κ1) is 12.8. The van der Waals surface area contributed by atoms with Gasteiger partial charge in [-0.1, -0.05) is 11.2 Å². The van der Waals surface area contributed by atoms with Gasteiger partial charge in [0.25, 0.3) is 5.89 Å². The molecule has 0 bridgehead atoms. The highest BCUT2D eigenvalue weighted by Gasteiger charge is 2.19. The third-order valence-corrected chi connectivity index (χ3v) is 4.22. The van der Waals surface area contributed by atoms with E-state index in [-0.39, 0.29) is 6.10 Å². The van der Waals surface area contributed by atoms with E-state index >= 15 is 0 Å². The maximum absolute atomic E-state index is 5.73. The third kappa shape index (κ3) is 2.65. The van der Waals surface area contributed by atoms with Crippen molar-refractivity contribution in [1.82, 2.24) is 10.1 Å². The second-order valence-electron chi connectivity index (χ2n) is 5.76. The zero-order valence-electron chi connectivity index (χ0n) is 12.0. The molecule has 2 aliphatic heterocycles. The fraction of sp³-hybridized carbons (Fsp3) is 0.500. The number of ether oxygens (including phenoxy) is 1. The Balaban J connectivity index is 1.51. The van der Waals surface area contributed by atoms with E-state index in [1.807, 2.05) is 0 Å². The molecule has 0 aliphatic carbocycles. The lowest BCUT2D eigenvalue weighted by atomic mass is 10.1. The maximum Gasteiger partial charge on any atom is 0.257 e. The summed E-state index contributed by atoms with van der Waals surface area (Å²) in [4.78, 5) is 4.51. The summed E-state index contributed by atoms with van der Waals surface area (Å²) in [5, 5.41) is 7.47. The van der Waals surface area contributed by atoms with Gasteiger partial charge in [-0.05, 0) is 43.4 Å².